The number of carbonyl (C=O) groups is 1. The molecular weight excluding hydrogens is 326 g/mol. The molecule has 1 aromatic carbocycles. The van der Waals surface area contributed by atoms with E-state index < -0.39 is 0 Å². The van der Waals surface area contributed by atoms with Crippen molar-refractivity contribution in [3.05, 3.63) is 53.9 Å². The minimum Gasteiger partial charge on any atom is -0.341 e. The van der Waals surface area contributed by atoms with Crippen LogP contribution in [0.4, 0.5) is 5.95 Å². The first-order chi connectivity index (χ1) is 12.7. The summed E-state index contributed by atoms with van der Waals surface area (Å²) in [5.74, 6) is 0.901. The maximum absolute atomic E-state index is 13.0. The third-order valence-corrected chi connectivity index (χ3v) is 5.13. The van der Waals surface area contributed by atoms with Gasteiger partial charge in [0.1, 0.15) is 0 Å². The topological polar surface area (TPSA) is 61.7 Å². The molecule has 3 heterocycles. The van der Waals surface area contributed by atoms with Gasteiger partial charge in [-0.05, 0) is 30.9 Å². The van der Waals surface area contributed by atoms with Gasteiger partial charge in [0.15, 0.2) is 0 Å². The maximum Gasteiger partial charge on any atom is 0.246 e. The van der Waals surface area contributed by atoms with E-state index in [0.29, 0.717) is 0 Å². The summed E-state index contributed by atoms with van der Waals surface area (Å²) in [7, 11) is 0. The first kappa shape index (κ1) is 16.7. The van der Waals surface area contributed by atoms with Gasteiger partial charge in [-0.1, -0.05) is 30.3 Å². The first-order valence-corrected chi connectivity index (χ1v) is 9.16. The minimum absolute atomic E-state index is 0.0122. The smallest absolute Gasteiger partial charge is 0.246 e. The van der Waals surface area contributed by atoms with E-state index in [2.05, 4.69) is 32.1 Å². The van der Waals surface area contributed by atoms with Gasteiger partial charge in [0.05, 0.1) is 6.04 Å². The summed E-state index contributed by atoms with van der Waals surface area (Å²) < 4.78 is 0. The molecule has 1 unspecified atom stereocenters. The summed E-state index contributed by atoms with van der Waals surface area (Å²) in [6.07, 6.45) is 7.93. The Morgan fingerprint density at radius 2 is 1.77 bits per heavy atom. The van der Waals surface area contributed by atoms with Crippen LogP contribution in [0.3, 0.4) is 0 Å². The summed E-state index contributed by atoms with van der Waals surface area (Å²) in [4.78, 5) is 24.0. The molecule has 0 aliphatic carbocycles. The van der Waals surface area contributed by atoms with E-state index in [1.54, 1.807) is 5.01 Å². The number of piperidine rings is 1. The summed E-state index contributed by atoms with van der Waals surface area (Å²) >= 11 is 0. The number of hydrogen-bond donors (Lipinski definition) is 0. The average molecular weight is 349 g/mol. The first-order valence-electron chi connectivity index (χ1n) is 9.16. The van der Waals surface area contributed by atoms with Gasteiger partial charge < -0.3 is 4.90 Å². The van der Waals surface area contributed by atoms with Crippen molar-refractivity contribution < 1.29 is 4.79 Å². The molecule has 134 valence electrons. The molecule has 2 aliphatic heterocycles. The highest BCUT2D eigenvalue weighted by atomic mass is 16.2. The number of hydrogen-bond acceptors (Lipinski definition) is 5. The zero-order chi connectivity index (χ0) is 17.9. The predicted molar refractivity (Wildman–Crippen MR) is 101 cm³/mol. The predicted octanol–water partition coefficient (Wildman–Crippen LogP) is 2.96. The zero-order valence-corrected chi connectivity index (χ0v) is 15.0. The molecule has 1 saturated heterocycles. The third-order valence-electron chi connectivity index (χ3n) is 5.13. The standard InChI is InChI=1S/C20H23N5O/c1-15-13-21-20(22-14-15)24-11-8-17(9-12-24)19(26)25-18(7-10-23-25)16-5-3-2-4-6-16/h2-6,10,13-14,17-18H,7-9,11-12H2,1H3. The van der Waals surface area contributed by atoms with Gasteiger partial charge in [-0.2, -0.15) is 5.10 Å². The summed E-state index contributed by atoms with van der Waals surface area (Å²) in [6, 6.07) is 10.2. The largest absolute Gasteiger partial charge is 0.341 e. The van der Waals surface area contributed by atoms with E-state index in [1.807, 2.05) is 43.7 Å². The number of aryl methyl sites for hydroxylation is 1. The molecule has 0 spiro atoms. The van der Waals surface area contributed by atoms with E-state index in [9.17, 15) is 4.79 Å². The molecular formula is C20H23N5O. The van der Waals surface area contributed by atoms with Crippen LogP contribution in [0.15, 0.2) is 47.8 Å². The molecule has 2 aromatic rings. The summed E-state index contributed by atoms with van der Waals surface area (Å²) in [5, 5.41) is 6.07. The Morgan fingerprint density at radius 1 is 1.08 bits per heavy atom. The van der Waals surface area contributed by atoms with Gasteiger partial charge in [0.2, 0.25) is 11.9 Å². The second kappa shape index (κ2) is 7.23. The molecule has 0 saturated carbocycles. The highest BCUT2D eigenvalue weighted by Crippen LogP contribution is 2.32. The van der Waals surface area contributed by atoms with Crippen LogP contribution in [-0.2, 0) is 4.79 Å². The molecule has 1 fully saturated rings. The minimum atomic E-state index is 0.0122. The van der Waals surface area contributed by atoms with Gasteiger partial charge in [-0.15, -0.1) is 0 Å². The van der Waals surface area contributed by atoms with Gasteiger partial charge in [0, 0.05) is 44.0 Å². The molecule has 2 aliphatic rings. The lowest BCUT2D eigenvalue weighted by atomic mass is 9.94. The normalized spacial score (nSPS) is 20.6. The van der Waals surface area contributed by atoms with E-state index in [0.717, 1.165) is 49.4 Å². The fraction of sp³-hybridized carbons (Fsp3) is 0.400. The van der Waals surface area contributed by atoms with Crippen molar-refractivity contribution in [2.45, 2.75) is 32.2 Å². The van der Waals surface area contributed by atoms with Gasteiger partial charge >= 0.3 is 0 Å². The Balaban J connectivity index is 1.40. The lowest BCUT2D eigenvalue weighted by Gasteiger charge is -2.33. The number of nitrogens with zero attached hydrogens (tertiary/aromatic N) is 5. The van der Waals surface area contributed by atoms with Crippen LogP contribution in [0, 0.1) is 12.8 Å². The van der Waals surface area contributed by atoms with E-state index in [4.69, 9.17) is 0 Å². The van der Waals surface area contributed by atoms with Crippen LogP contribution in [0.25, 0.3) is 0 Å². The molecule has 0 radical (unpaired) electrons. The molecule has 6 nitrogen and oxygen atoms in total. The van der Waals surface area contributed by atoms with Gasteiger partial charge in [0.25, 0.3) is 0 Å². The lowest BCUT2D eigenvalue weighted by molar-refractivity contribution is -0.138. The molecule has 26 heavy (non-hydrogen) atoms. The Labute approximate surface area is 153 Å². The quantitative estimate of drug-likeness (QED) is 0.855. The van der Waals surface area contributed by atoms with E-state index in [-0.39, 0.29) is 17.9 Å². The molecule has 6 heteroatoms. The summed E-state index contributed by atoms with van der Waals surface area (Å²) in [5.41, 5.74) is 2.20. The highest BCUT2D eigenvalue weighted by Gasteiger charge is 2.34. The summed E-state index contributed by atoms with van der Waals surface area (Å²) in [6.45, 7) is 3.58. The highest BCUT2D eigenvalue weighted by molar-refractivity contribution is 5.82. The maximum atomic E-state index is 13.0. The SMILES string of the molecule is Cc1cnc(N2CCC(C(=O)N3N=CCC3c3ccccc3)CC2)nc1. The number of rotatable bonds is 3. The van der Waals surface area contributed by atoms with E-state index in [1.165, 1.54) is 0 Å². The molecule has 1 aromatic heterocycles. The Bertz CT molecular complexity index is 782. The number of hydrazone groups is 1. The Kier molecular flexibility index (Phi) is 4.65. The van der Waals surface area contributed by atoms with Crippen LogP contribution in [0.5, 0.6) is 0 Å². The molecule has 0 bridgehead atoms. The van der Waals surface area contributed by atoms with Crippen molar-refractivity contribution in [2.75, 3.05) is 18.0 Å². The van der Waals surface area contributed by atoms with Crippen molar-refractivity contribution in [3.8, 4) is 0 Å². The molecule has 0 N–H and O–H groups in total. The van der Waals surface area contributed by atoms with Crippen molar-refractivity contribution in [3.63, 3.8) is 0 Å². The number of aromatic nitrogens is 2. The van der Waals surface area contributed by atoms with Crippen molar-refractivity contribution in [2.24, 2.45) is 11.0 Å². The molecule has 4 rings (SSSR count). The zero-order valence-electron chi connectivity index (χ0n) is 15.0. The van der Waals surface area contributed by atoms with Crippen molar-refractivity contribution in [1.29, 1.82) is 0 Å². The monoisotopic (exact) mass is 349 g/mol. The molecule has 1 atom stereocenters. The Hall–Kier alpha value is -2.76. The average Bonchev–Trinajstić information content (AvgIpc) is 3.19. The number of amides is 1. The van der Waals surface area contributed by atoms with Crippen molar-refractivity contribution in [1.82, 2.24) is 15.0 Å². The Morgan fingerprint density at radius 3 is 2.46 bits per heavy atom. The number of carbonyl (C=O) groups excluding carboxylic acids is 1. The van der Waals surface area contributed by atoms with Crippen LogP contribution >= 0.6 is 0 Å². The van der Waals surface area contributed by atoms with Crippen LogP contribution < -0.4 is 4.90 Å². The fourth-order valence-electron chi connectivity index (χ4n) is 3.64. The molecule has 1 amide bonds. The number of anilines is 1. The number of benzene rings is 1. The van der Waals surface area contributed by atoms with Crippen LogP contribution in [0.1, 0.15) is 36.4 Å². The van der Waals surface area contributed by atoms with E-state index >= 15 is 0 Å². The van der Waals surface area contributed by atoms with Gasteiger partial charge in [-0.25, -0.2) is 15.0 Å². The van der Waals surface area contributed by atoms with Crippen LogP contribution in [-0.4, -0.2) is 40.2 Å². The van der Waals surface area contributed by atoms with Gasteiger partial charge in [-0.3, -0.25) is 4.79 Å². The van der Waals surface area contributed by atoms with Crippen LogP contribution in [0.2, 0.25) is 0 Å². The third kappa shape index (κ3) is 3.31. The lowest BCUT2D eigenvalue weighted by Crippen LogP contribution is -2.41. The van der Waals surface area contributed by atoms with Crippen molar-refractivity contribution >= 4 is 18.1 Å². The second-order valence-corrected chi connectivity index (χ2v) is 6.96. The fourth-order valence-corrected chi connectivity index (χ4v) is 3.64. The second-order valence-electron chi connectivity index (χ2n) is 6.96.